The van der Waals surface area contributed by atoms with Crippen molar-refractivity contribution in [2.75, 3.05) is 13.6 Å². The number of rotatable bonds is 0. The summed E-state index contributed by atoms with van der Waals surface area (Å²) in [5.41, 5.74) is -0.0796. The van der Waals surface area contributed by atoms with Crippen molar-refractivity contribution in [3.63, 3.8) is 0 Å². The van der Waals surface area contributed by atoms with Gasteiger partial charge in [-0.3, -0.25) is 10.2 Å². The molecule has 4 nitrogen and oxygen atoms in total. The Morgan fingerprint density at radius 3 is 2.72 bits per heavy atom. The number of amidine groups is 1. The molecule has 1 heterocycles. The summed E-state index contributed by atoms with van der Waals surface area (Å²) in [5, 5.41) is 16.0. The van der Waals surface area contributed by atoms with Crippen molar-refractivity contribution in [2.24, 2.45) is 5.41 Å². The lowest BCUT2D eigenvalue weighted by Crippen LogP contribution is -2.49. The SMILES string of the molecule is [B][C@@]12C=C(C#N)C(=O)C(C)(C)C1=CCN(C)C2=N. The molecule has 2 rings (SSSR count). The van der Waals surface area contributed by atoms with Crippen molar-refractivity contribution in [3.05, 3.63) is 23.3 Å². The van der Waals surface area contributed by atoms with Crippen molar-refractivity contribution in [1.82, 2.24) is 4.90 Å². The molecule has 0 aromatic rings. The van der Waals surface area contributed by atoms with E-state index in [9.17, 15) is 4.79 Å². The van der Waals surface area contributed by atoms with Crippen LogP contribution in [0, 0.1) is 22.2 Å². The van der Waals surface area contributed by atoms with E-state index in [0.717, 1.165) is 0 Å². The van der Waals surface area contributed by atoms with Crippen LogP contribution in [0.25, 0.3) is 0 Å². The Morgan fingerprint density at radius 2 is 2.17 bits per heavy atom. The van der Waals surface area contributed by atoms with Gasteiger partial charge in [0.25, 0.3) is 0 Å². The molecule has 1 aliphatic carbocycles. The predicted molar refractivity (Wildman–Crippen MR) is 69.4 cm³/mol. The molecule has 0 bridgehead atoms. The first kappa shape index (κ1) is 12.6. The van der Waals surface area contributed by atoms with Crippen LogP contribution in [0.3, 0.4) is 0 Å². The maximum Gasteiger partial charge on any atom is 0.182 e. The number of carbonyl (C=O) groups excluding carboxylic acids is 1. The topological polar surface area (TPSA) is 68.0 Å². The molecule has 2 radical (unpaired) electrons. The van der Waals surface area contributed by atoms with Crippen LogP contribution in [0.5, 0.6) is 0 Å². The van der Waals surface area contributed by atoms with E-state index in [1.807, 2.05) is 12.1 Å². The summed E-state index contributed by atoms with van der Waals surface area (Å²) in [5.74, 6) is -0.0111. The third kappa shape index (κ3) is 1.38. The molecule has 18 heavy (non-hydrogen) atoms. The second-order valence-electron chi connectivity index (χ2n) is 5.34. The lowest BCUT2D eigenvalue weighted by molar-refractivity contribution is -0.121. The first-order chi connectivity index (χ1) is 8.25. The van der Waals surface area contributed by atoms with Crippen LogP contribution in [-0.4, -0.2) is 38.0 Å². The molecule has 1 aliphatic heterocycles. The summed E-state index contributed by atoms with van der Waals surface area (Å²) in [6.07, 6.45) is 3.31. The lowest BCUT2D eigenvalue weighted by Gasteiger charge is -2.47. The van der Waals surface area contributed by atoms with E-state index in [4.69, 9.17) is 18.5 Å². The Hall–Kier alpha value is -1.83. The van der Waals surface area contributed by atoms with Crippen molar-refractivity contribution in [1.29, 1.82) is 10.7 Å². The smallest absolute Gasteiger partial charge is 0.182 e. The summed E-state index contributed by atoms with van der Waals surface area (Å²) in [6.45, 7) is 4.07. The van der Waals surface area contributed by atoms with Gasteiger partial charge in [-0.05, 0) is 13.8 Å². The molecule has 2 aliphatic rings. The van der Waals surface area contributed by atoms with E-state index >= 15 is 0 Å². The highest BCUT2D eigenvalue weighted by Gasteiger charge is 2.50. The minimum atomic E-state index is -1.14. The van der Waals surface area contributed by atoms with Crippen molar-refractivity contribution in [2.45, 2.75) is 19.2 Å². The predicted octanol–water partition coefficient (Wildman–Crippen LogP) is 1.22. The summed E-state index contributed by atoms with van der Waals surface area (Å²) < 4.78 is 0. The number of ketones is 1. The highest BCUT2D eigenvalue weighted by molar-refractivity contribution is 6.35. The highest BCUT2D eigenvalue weighted by Crippen LogP contribution is 2.52. The minimum absolute atomic E-state index is 0.0414. The van der Waals surface area contributed by atoms with Gasteiger partial charge in [-0.15, -0.1) is 0 Å². The number of likely N-dealkylation sites (N-methyl/N-ethyl adjacent to an activating group) is 1. The molecular weight excluding hydrogens is 225 g/mol. The van der Waals surface area contributed by atoms with Crippen molar-refractivity contribution >= 4 is 19.5 Å². The van der Waals surface area contributed by atoms with Gasteiger partial charge < -0.3 is 4.90 Å². The first-order valence-electron chi connectivity index (χ1n) is 5.73. The van der Waals surface area contributed by atoms with E-state index in [1.54, 1.807) is 25.8 Å². The number of nitriles is 1. The Bertz CT molecular complexity index is 553. The average Bonchev–Trinajstić information content (AvgIpc) is 2.31. The molecule has 0 saturated heterocycles. The molecule has 0 fully saturated rings. The van der Waals surface area contributed by atoms with E-state index in [2.05, 4.69) is 0 Å². The van der Waals surface area contributed by atoms with Crippen LogP contribution < -0.4 is 0 Å². The molecule has 0 unspecified atom stereocenters. The average molecular weight is 239 g/mol. The second-order valence-corrected chi connectivity index (χ2v) is 5.34. The third-order valence-corrected chi connectivity index (χ3v) is 3.77. The zero-order chi connectivity index (χ0) is 13.7. The monoisotopic (exact) mass is 239 g/mol. The zero-order valence-electron chi connectivity index (χ0n) is 10.7. The van der Waals surface area contributed by atoms with Crippen LogP contribution in [0.15, 0.2) is 23.3 Å². The number of allylic oxidation sites excluding steroid dienone is 1. The molecule has 0 saturated carbocycles. The lowest BCUT2D eigenvalue weighted by atomic mass is 9.50. The Balaban J connectivity index is 2.73. The van der Waals surface area contributed by atoms with E-state index < -0.39 is 10.7 Å². The van der Waals surface area contributed by atoms with Gasteiger partial charge in [-0.2, -0.15) is 5.26 Å². The maximum atomic E-state index is 12.2. The number of fused-ring (bicyclic) bond motifs is 1. The first-order valence-corrected chi connectivity index (χ1v) is 5.73. The minimum Gasteiger partial charge on any atom is -0.360 e. The normalized spacial score (nSPS) is 30.2. The van der Waals surface area contributed by atoms with E-state index in [0.29, 0.717) is 12.1 Å². The molecule has 0 aromatic carbocycles. The summed E-state index contributed by atoms with van der Waals surface area (Å²) in [6, 6.07) is 1.89. The van der Waals surface area contributed by atoms with E-state index in [-0.39, 0.29) is 17.2 Å². The molecule has 0 amide bonds. The van der Waals surface area contributed by atoms with Crippen molar-refractivity contribution < 1.29 is 4.79 Å². The number of nitrogens with zero attached hydrogens (tertiary/aromatic N) is 2. The molecule has 0 spiro atoms. The van der Waals surface area contributed by atoms with Gasteiger partial charge in [0.2, 0.25) is 0 Å². The fourth-order valence-electron chi connectivity index (χ4n) is 2.69. The van der Waals surface area contributed by atoms with Gasteiger partial charge in [0.1, 0.15) is 11.9 Å². The second kappa shape index (κ2) is 3.58. The molecular formula is C13H14BN3O. The van der Waals surface area contributed by atoms with Crippen LogP contribution >= 0.6 is 0 Å². The number of Topliss-reactive ketones (excluding diaryl/α,β-unsaturated/α-hetero) is 1. The van der Waals surface area contributed by atoms with Crippen LogP contribution in [0.1, 0.15) is 13.8 Å². The largest absolute Gasteiger partial charge is 0.360 e. The number of nitrogens with one attached hydrogen (secondary N) is 1. The molecule has 0 aromatic heterocycles. The van der Waals surface area contributed by atoms with Crippen LogP contribution in [-0.2, 0) is 4.79 Å². The highest BCUT2D eigenvalue weighted by atomic mass is 16.1. The Kier molecular flexibility index (Phi) is 2.51. The van der Waals surface area contributed by atoms with Gasteiger partial charge in [-0.1, -0.05) is 17.7 Å². The van der Waals surface area contributed by atoms with Gasteiger partial charge in [0.05, 0.1) is 18.8 Å². The summed E-state index contributed by atoms with van der Waals surface area (Å²) in [7, 11) is 8.06. The number of carbonyl (C=O) groups is 1. The summed E-state index contributed by atoms with van der Waals surface area (Å²) in [4.78, 5) is 13.9. The van der Waals surface area contributed by atoms with Gasteiger partial charge >= 0.3 is 0 Å². The van der Waals surface area contributed by atoms with Crippen LogP contribution in [0.4, 0.5) is 0 Å². The number of hydrogen-bond donors (Lipinski definition) is 1. The number of hydrogen-bond acceptors (Lipinski definition) is 3. The molecule has 90 valence electrons. The Labute approximate surface area is 108 Å². The standard InChI is InChI=1S/C13H14BN3O/c1-12(2)9-4-5-17(3)11(16)13(9,14)6-8(7-15)10(12)18/h4,6,16H,5H2,1-3H3/t13-/m0/s1. The zero-order valence-corrected chi connectivity index (χ0v) is 10.7. The van der Waals surface area contributed by atoms with Crippen molar-refractivity contribution in [3.8, 4) is 6.07 Å². The fourth-order valence-corrected chi connectivity index (χ4v) is 2.69. The fraction of sp³-hybridized carbons (Fsp3) is 0.462. The Morgan fingerprint density at radius 1 is 1.56 bits per heavy atom. The maximum absolute atomic E-state index is 12.2. The van der Waals surface area contributed by atoms with Crippen LogP contribution in [0.2, 0.25) is 5.31 Å². The third-order valence-electron chi connectivity index (χ3n) is 3.77. The van der Waals surface area contributed by atoms with Gasteiger partial charge in [0.15, 0.2) is 5.78 Å². The van der Waals surface area contributed by atoms with E-state index in [1.165, 1.54) is 6.08 Å². The summed E-state index contributed by atoms with van der Waals surface area (Å²) >= 11 is 0. The molecule has 5 heteroatoms. The van der Waals surface area contributed by atoms with Gasteiger partial charge in [-0.25, -0.2) is 0 Å². The quantitative estimate of drug-likeness (QED) is 0.510. The molecule has 1 N–H and O–H groups in total. The van der Waals surface area contributed by atoms with Gasteiger partial charge in [0, 0.05) is 18.9 Å². The molecule has 1 atom stereocenters.